The van der Waals surface area contributed by atoms with Crippen molar-refractivity contribution in [2.45, 2.75) is 19.6 Å². The lowest BCUT2D eigenvalue weighted by Gasteiger charge is -2.16. The number of alkyl halides is 3. The topological polar surface area (TPSA) is 81.1 Å². The van der Waals surface area contributed by atoms with E-state index in [9.17, 15) is 18.0 Å². The second-order valence-electron chi connectivity index (χ2n) is 7.76. The lowest BCUT2D eigenvalue weighted by molar-refractivity contribution is -0.137. The van der Waals surface area contributed by atoms with Gasteiger partial charge < -0.3 is 19.9 Å². The van der Waals surface area contributed by atoms with Gasteiger partial charge in [0.2, 0.25) is 0 Å². The number of pyridine rings is 1. The standard InChI is InChI=1S/C25H22F3N5O2/c1-16-3-4-17(15-33-12-11-30-23(33)18-7-9-29-10-8-18)13-20(16)31-24(34)32-21-14-19(25(26,27)28)5-6-22(21)35-2/h3-14H,15H2,1-2H3,(H2,31,32,34). The van der Waals surface area contributed by atoms with Crippen LogP contribution in [0, 0.1) is 6.92 Å². The fourth-order valence-electron chi connectivity index (χ4n) is 3.55. The predicted molar refractivity (Wildman–Crippen MR) is 126 cm³/mol. The number of amides is 2. The van der Waals surface area contributed by atoms with Crippen molar-refractivity contribution in [3.05, 3.63) is 90.0 Å². The molecule has 2 aromatic heterocycles. The summed E-state index contributed by atoms with van der Waals surface area (Å²) in [5.41, 5.74) is 2.16. The molecule has 0 spiro atoms. The fourth-order valence-corrected chi connectivity index (χ4v) is 3.55. The number of carbonyl (C=O) groups is 1. The maximum absolute atomic E-state index is 13.1. The van der Waals surface area contributed by atoms with Gasteiger partial charge in [-0.1, -0.05) is 12.1 Å². The molecule has 2 N–H and O–H groups in total. The van der Waals surface area contributed by atoms with Gasteiger partial charge in [0, 0.05) is 42.6 Å². The first-order valence-corrected chi connectivity index (χ1v) is 10.6. The minimum atomic E-state index is -4.55. The molecule has 0 aliphatic carbocycles. The molecule has 0 atom stereocenters. The van der Waals surface area contributed by atoms with Gasteiger partial charge >= 0.3 is 12.2 Å². The molecule has 180 valence electrons. The lowest BCUT2D eigenvalue weighted by atomic mass is 10.1. The van der Waals surface area contributed by atoms with Gasteiger partial charge in [0.05, 0.1) is 18.4 Å². The molecule has 0 fully saturated rings. The zero-order valence-electron chi connectivity index (χ0n) is 18.9. The van der Waals surface area contributed by atoms with Gasteiger partial charge in [-0.05, 0) is 54.4 Å². The van der Waals surface area contributed by atoms with E-state index in [4.69, 9.17) is 4.74 Å². The highest BCUT2D eigenvalue weighted by atomic mass is 19.4. The van der Waals surface area contributed by atoms with Crippen molar-refractivity contribution in [3.63, 3.8) is 0 Å². The molecular weight excluding hydrogens is 459 g/mol. The number of carbonyl (C=O) groups excluding carboxylic acids is 1. The van der Waals surface area contributed by atoms with Crippen LogP contribution in [0.3, 0.4) is 0 Å². The third-order valence-corrected chi connectivity index (χ3v) is 5.33. The predicted octanol–water partition coefficient (Wildman–Crippen LogP) is 5.97. The van der Waals surface area contributed by atoms with Crippen molar-refractivity contribution in [1.82, 2.24) is 14.5 Å². The molecule has 0 aliphatic rings. The normalized spacial score (nSPS) is 11.2. The Morgan fingerprint density at radius 1 is 1.00 bits per heavy atom. The van der Waals surface area contributed by atoms with E-state index in [0.717, 1.165) is 40.7 Å². The Kier molecular flexibility index (Phi) is 6.72. The van der Waals surface area contributed by atoms with Crippen LogP contribution in [-0.2, 0) is 12.7 Å². The molecule has 0 aliphatic heterocycles. The first-order valence-electron chi connectivity index (χ1n) is 10.6. The molecule has 2 heterocycles. The summed E-state index contributed by atoms with van der Waals surface area (Å²) in [6, 6.07) is 11.5. The van der Waals surface area contributed by atoms with E-state index in [1.165, 1.54) is 7.11 Å². The summed E-state index contributed by atoms with van der Waals surface area (Å²) in [7, 11) is 1.32. The maximum Gasteiger partial charge on any atom is 0.416 e. The molecule has 0 saturated carbocycles. The van der Waals surface area contributed by atoms with E-state index in [1.807, 2.05) is 48.0 Å². The average Bonchev–Trinajstić information content (AvgIpc) is 3.29. The van der Waals surface area contributed by atoms with Crippen molar-refractivity contribution in [2.75, 3.05) is 17.7 Å². The second-order valence-corrected chi connectivity index (χ2v) is 7.76. The number of nitrogens with one attached hydrogen (secondary N) is 2. The highest BCUT2D eigenvalue weighted by molar-refractivity contribution is 6.01. The van der Waals surface area contributed by atoms with Crippen molar-refractivity contribution >= 4 is 17.4 Å². The third kappa shape index (κ3) is 5.60. The number of methoxy groups -OCH3 is 1. The molecule has 4 rings (SSSR count). The van der Waals surface area contributed by atoms with Crippen molar-refractivity contribution < 1.29 is 22.7 Å². The Bertz CT molecular complexity index is 1340. The lowest BCUT2D eigenvalue weighted by Crippen LogP contribution is -2.21. The minimum absolute atomic E-state index is 0.0889. The number of hydrogen-bond acceptors (Lipinski definition) is 4. The summed E-state index contributed by atoms with van der Waals surface area (Å²) in [6.45, 7) is 2.32. The molecule has 7 nitrogen and oxygen atoms in total. The van der Waals surface area contributed by atoms with Crippen molar-refractivity contribution in [1.29, 1.82) is 0 Å². The van der Waals surface area contributed by atoms with Gasteiger partial charge in [-0.15, -0.1) is 0 Å². The number of aromatic nitrogens is 3. The number of ether oxygens (including phenoxy) is 1. The quantitative estimate of drug-likeness (QED) is 0.355. The first kappa shape index (κ1) is 23.8. The second kappa shape index (κ2) is 9.88. The van der Waals surface area contributed by atoms with Gasteiger partial charge in [-0.3, -0.25) is 4.98 Å². The molecule has 2 aromatic carbocycles. The molecule has 0 saturated heterocycles. The molecule has 35 heavy (non-hydrogen) atoms. The van der Waals surface area contributed by atoms with E-state index >= 15 is 0 Å². The Labute approximate surface area is 199 Å². The number of nitrogens with zero attached hydrogens (tertiary/aromatic N) is 3. The van der Waals surface area contributed by atoms with Gasteiger partial charge in [0.1, 0.15) is 11.6 Å². The number of benzene rings is 2. The fraction of sp³-hybridized carbons (Fsp3) is 0.160. The van der Waals surface area contributed by atoms with Crippen molar-refractivity contribution in [3.8, 4) is 17.1 Å². The summed E-state index contributed by atoms with van der Waals surface area (Å²) in [4.78, 5) is 21.1. The summed E-state index contributed by atoms with van der Waals surface area (Å²) in [5, 5.41) is 5.16. The Hall–Kier alpha value is -4.34. The van der Waals surface area contributed by atoms with Gasteiger partial charge in [-0.25, -0.2) is 9.78 Å². The highest BCUT2D eigenvalue weighted by Gasteiger charge is 2.31. The summed E-state index contributed by atoms with van der Waals surface area (Å²) in [6.07, 6.45) is 2.40. The average molecular weight is 481 g/mol. The number of rotatable bonds is 6. The Balaban J connectivity index is 1.52. The van der Waals surface area contributed by atoms with E-state index in [1.54, 1.807) is 18.6 Å². The Morgan fingerprint density at radius 3 is 2.46 bits per heavy atom. The molecule has 2 amide bonds. The number of urea groups is 1. The van der Waals surface area contributed by atoms with Crippen LogP contribution in [0.25, 0.3) is 11.4 Å². The van der Waals surface area contributed by atoms with Crippen molar-refractivity contribution in [2.24, 2.45) is 0 Å². The molecule has 0 radical (unpaired) electrons. The maximum atomic E-state index is 13.1. The smallest absolute Gasteiger partial charge is 0.416 e. The van der Waals surface area contributed by atoms with Gasteiger partial charge in [0.25, 0.3) is 0 Å². The number of anilines is 2. The van der Waals surface area contributed by atoms with E-state index < -0.39 is 17.8 Å². The van der Waals surface area contributed by atoms with E-state index in [0.29, 0.717) is 12.2 Å². The largest absolute Gasteiger partial charge is 0.495 e. The van der Waals surface area contributed by atoms with Crippen LogP contribution in [-0.4, -0.2) is 27.7 Å². The van der Waals surface area contributed by atoms with Crippen LogP contribution in [0.2, 0.25) is 0 Å². The first-order chi connectivity index (χ1) is 16.7. The minimum Gasteiger partial charge on any atom is -0.495 e. The molecule has 10 heteroatoms. The number of imidazole rings is 1. The van der Waals surface area contributed by atoms with E-state index in [-0.39, 0.29) is 11.4 Å². The number of halogens is 3. The molecule has 0 bridgehead atoms. The molecular formula is C25H22F3N5O2. The number of aryl methyl sites for hydroxylation is 1. The van der Waals surface area contributed by atoms with Gasteiger partial charge in [0.15, 0.2) is 0 Å². The summed E-state index contributed by atoms with van der Waals surface area (Å²) in [5.74, 6) is 0.888. The van der Waals surface area contributed by atoms with Crippen LogP contribution < -0.4 is 15.4 Å². The van der Waals surface area contributed by atoms with Crippen LogP contribution in [0.1, 0.15) is 16.7 Å². The molecule has 4 aromatic rings. The zero-order valence-corrected chi connectivity index (χ0v) is 18.9. The third-order valence-electron chi connectivity index (χ3n) is 5.33. The SMILES string of the molecule is COc1ccc(C(F)(F)F)cc1NC(=O)Nc1cc(Cn2ccnc2-c2ccncc2)ccc1C. The van der Waals surface area contributed by atoms with Crippen LogP contribution >= 0.6 is 0 Å². The van der Waals surface area contributed by atoms with Gasteiger partial charge in [-0.2, -0.15) is 13.2 Å². The zero-order chi connectivity index (χ0) is 25.0. The number of hydrogen-bond donors (Lipinski definition) is 2. The Morgan fingerprint density at radius 2 is 1.74 bits per heavy atom. The monoisotopic (exact) mass is 481 g/mol. The van der Waals surface area contributed by atoms with Crippen LogP contribution in [0.15, 0.2) is 73.3 Å². The summed E-state index contributed by atoms with van der Waals surface area (Å²) >= 11 is 0. The van der Waals surface area contributed by atoms with E-state index in [2.05, 4.69) is 20.6 Å². The molecule has 0 unspecified atom stereocenters. The summed E-state index contributed by atoms with van der Waals surface area (Å²) < 4.78 is 46.4. The van der Waals surface area contributed by atoms with Crippen LogP contribution in [0.4, 0.5) is 29.3 Å². The van der Waals surface area contributed by atoms with Crippen LogP contribution in [0.5, 0.6) is 5.75 Å². The highest BCUT2D eigenvalue weighted by Crippen LogP contribution is 2.35.